The van der Waals surface area contributed by atoms with Gasteiger partial charge in [0.2, 0.25) is 0 Å². The van der Waals surface area contributed by atoms with Gasteiger partial charge < -0.3 is 9.47 Å². The summed E-state index contributed by atoms with van der Waals surface area (Å²) < 4.78 is 2.42. The van der Waals surface area contributed by atoms with Crippen LogP contribution in [0.5, 0.6) is 0 Å². The molecule has 12 rings (SSSR count). The molecule has 0 radical (unpaired) electrons. The van der Waals surface area contributed by atoms with Crippen LogP contribution in [0.25, 0.3) is 93.9 Å². The quantitative estimate of drug-likeness (QED) is 0.141. The minimum atomic E-state index is 1.08. The Bertz CT molecular complexity index is 3620. The first-order chi connectivity index (χ1) is 32.7. The van der Waals surface area contributed by atoms with Crippen molar-refractivity contribution in [1.82, 2.24) is 4.57 Å². The smallest absolute Gasteiger partial charge is 0.0541 e. The summed E-state index contributed by atoms with van der Waals surface area (Å²) in [4.78, 5) is 2.40. The number of hydrogen-bond donors (Lipinski definition) is 0. The Hall–Kier alpha value is -8.72. The topological polar surface area (TPSA) is 8.17 Å². The van der Waals surface area contributed by atoms with Crippen LogP contribution in [0.3, 0.4) is 0 Å². The Morgan fingerprint density at radius 1 is 0.258 bits per heavy atom. The SMILES string of the molecule is c1ccc(-c2ccc(-c3ccccc3N(c3ccc(-c4cccc(-c5ccccc5-n5c6ccccc6c6ccccc65)c4)cc3)c3ccc(-c4ccc5ccccc5c4)cc3)cc2)cc1. The van der Waals surface area contributed by atoms with Gasteiger partial charge in [0.05, 0.1) is 22.4 Å². The summed E-state index contributed by atoms with van der Waals surface area (Å²) in [5.41, 5.74) is 18.7. The molecule has 310 valence electrons. The van der Waals surface area contributed by atoms with Gasteiger partial charge in [-0.1, -0.05) is 206 Å². The molecule has 11 aromatic carbocycles. The maximum Gasteiger partial charge on any atom is 0.0541 e. The van der Waals surface area contributed by atoms with E-state index in [4.69, 9.17) is 0 Å². The average Bonchev–Trinajstić information content (AvgIpc) is 3.74. The summed E-state index contributed by atoms with van der Waals surface area (Å²) >= 11 is 0. The predicted octanol–water partition coefficient (Wildman–Crippen LogP) is 17.7. The standard InChI is InChI=1S/C64H44N2/c1-2-15-45(16-3-1)47-29-32-50(33-30-47)57-21-6-10-25-61(57)65(56-41-37-49(38-42-56)53-34-31-46-17-4-5-18-51(46)43-53)55-39-35-48(36-40-55)52-19-14-20-54(44-52)58-22-7-11-26-62(58)66-63-27-12-8-23-59(63)60-24-9-13-28-64(60)66/h1-44H. The third-order valence-corrected chi connectivity index (χ3v) is 13.0. The highest BCUT2D eigenvalue weighted by Gasteiger charge is 2.19. The summed E-state index contributed by atoms with van der Waals surface area (Å²) in [5, 5.41) is 5.01. The zero-order chi connectivity index (χ0) is 43.8. The van der Waals surface area contributed by atoms with Gasteiger partial charge in [-0.2, -0.15) is 0 Å². The van der Waals surface area contributed by atoms with Crippen LogP contribution in [0, 0.1) is 0 Å². The van der Waals surface area contributed by atoms with Crippen molar-refractivity contribution in [3.05, 3.63) is 267 Å². The second-order valence-electron chi connectivity index (χ2n) is 16.9. The minimum absolute atomic E-state index is 1.08. The van der Waals surface area contributed by atoms with Crippen molar-refractivity contribution in [3.8, 4) is 61.3 Å². The van der Waals surface area contributed by atoms with Crippen LogP contribution in [-0.4, -0.2) is 4.57 Å². The number of anilines is 3. The van der Waals surface area contributed by atoms with Crippen LogP contribution in [0.4, 0.5) is 17.1 Å². The first kappa shape index (κ1) is 38.9. The van der Waals surface area contributed by atoms with Gasteiger partial charge in [-0.25, -0.2) is 0 Å². The van der Waals surface area contributed by atoms with Crippen molar-refractivity contribution in [2.75, 3.05) is 4.90 Å². The Morgan fingerprint density at radius 2 is 0.712 bits per heavy atom. The number of para-hydroxylation sites is 4. The molecule has 66 heavy (non-hydrogen) atoms. The lowest BCUT2D eigenvalue weighted by molar-refractivity contribution is 1.18. The van der Waals surface area contributed by atoms with Crippen LogP contribution in [0.15, 0.2) is 267 Å². The molecular formula is C64H44N2. The van der Waals surface area contributed by atoms with Crippen molar-refractivity contribution < 1.29 is 0 Å². The molecule has 0 aliphatic rings. The normalized spacial score (nSPS) is 11.3. The Balaban J connectivity index is 0.929. The molecule has 2 nitrogen and oxygen atoms in total. The number of benzene rings is 11. The van der Waals surface area contributed by atoms with E-state index in [1.165, 1.54) is 71.5 Å². The molecule has 0 N–H and O–H groups in total. The van der Waals surface area contributed by atoms with E-state index in [9.17, 15) is 0 Å². The molecule has 0 unspecified atom stereocenters. The second-order valence-corrected chi connectivity index (χ2v) is 16.9. The Kier molecular flexibility index (Phi) is 9.89. The molecule has 0 spiro atoms. The fraction of sp³-hybridized carbons (Fsp3) is 0. The van der Waals surface area contributed by atoms with E-state index in [2.05, 4.69) is 276 Å². The predicted molar refractivity (Wildman–Crippen MR) is 280 cm³/mol. The maximum atomic E-state index is 2.42. The molecule has 1 heterocycles. The highest BCUT2D eigenvalue weighted by atomic mass is 15.1. The van der Waals surface area contributed by atoms with Gasteiger partial charge in [0.1, 0.15) is 0 Å². The van der Waals surface area contributed by atoms with Gasteiger partial charge in [-0.3, -0.25) is 0 Å². The van der Waals surface area contributed by atoms with Gasteiger partial charge in [0.15, 0.2) is 0 Å². The number of rotatable bonds is 9. The lowest BCUT2D eigenvalue weighted by atomic mass is 9.97. The van der Waals surface area contributed by atoms with E-state index in [0.717, 1.165) is 39.4 Å². The Labute approximate surface area is 385 Å². The highest BCUT2D eigenvalue weighted by molar-refractivity contribution is 6.09. The van der Waals surface area contributed by atoms with Gasteiger partial charge >= 0.3 is 0 Å². The van der Waals surface area contributed by atoms with Crippen LogP contribution < -0.4 is 4.90 Å². The molecule has 0 saturated carbocycles. The van der Waals surface area contributed by atoms with Crippen LogP contribution in [0.2, 0.25) is 0 Å². The molecule has 0 aliphatic heterocycles. The average molecular weight is 841 g/mol. The van der Waals surface area contributed by atoms with Crippen LogP contribution in [-0.2, 0) is 0 Å². The van der Waals surface area contributed by atoms with Gasteiger partial charge in [0.25, 0.3) is 0 Å². The van der Waals surface area contributed by atoms with E-state index in [0.29, 0.717) is 0 Å². The molecule has 0 amide bonds. The van der Waals surface area contributed by atoms with Gasteiger partial charge in [-0.15, -0.1) is 0 Å². The highest BCUT2D eigenvalue weighted by Crippen LogP contribution is 2.43. The minimum Gasteiger partial charge on any atom is -0.310 e. The second kappa shape index (κ2) is 16.8. The van der Waals surface area contributed by atoms with Gasteiger partial charge in [0, 0.05) is 33.3 Å². The van der Waals surface area contributed by atoms with E-state index in [-0.39, 0.29) is 0 Å². The summed E-state index contributed by atoms with van der Waals surface area (Å²) in [6.45, 7) is 0. The zero-order valence-corrected chi connectivity index (χ0v) is 36.3. The summed E-state index contributed by atoms with van der Waals surface area (Å²) in [5.74, 6) is 0. The first-order valence-electron chi connectivity index (χ1n) is 22.7. The van der Waals surface area contributed by atoms with E-state index >= 15 is 0 Å². The molecular weight excluding hydrogens is 797 g/mol. The van der Waals surface area contributed by atoms with Crippen molar-refractivity contribution in [2.45, 2.75) is 0 Å². The summed E-state index contributed by atoms with van der Waals surface area (Å²) in [7, 11) is 0. The third kappa shape index (κ3) is 7.12. The van der Waals surface area contributed by atoms with Crippen molar-refractivity contribution >= 4 is 49.6 Å². The zero-order valence-electron chi connectivity index (χ0n) is 36.3. The molecule has 12 aromatic rings. The van der Waals surface area contributed by atoms with Crippen molar-refractivity contribution in [2.24, 2.45) is 0 Å². The largest absolute Gasteiger partial charge is 0.310 e. The van der Waals surface area contributed by atoms with Crippen LogP contribution >= 0.6 is 0 Å². The molecule has 0 atom stereocenters. The lowest BCUT2D eigenvalue weighted by Gasteiger charge is -2.28. The van der Waals surface area contributed by atoms with Gasteiger partial charge in [-0.05, 0) is 116 Å². The maximum absolute atomic E-state index is 2.42. The van der Waals surface area contributed by atoms with Crippen molar-refractivity contribution in [1.29, 1.82) is 0 Å². The van der Waals surface area contributed by atoms with E-state index in [1.807, 2.05) is 0 Å². The molecule has 0 aliphatic carbocycles. The Morgan fingerprint density at radius 3 is 1.41 bits per heavy atom. The third-order valence-electron chi connectivity index (χ3n) is 13.0. The fourth-order valence-electron chi connectivity index (χ4n) is 9.75. The first-order valence-corrected chi connectivity index (χ1v) is 22.7. The lowest BCUT2D eigenvalue weighted by Crippen LogP contribution is -2.11. The van der Waals surface area contributed by atoms with E-state index < -0.39 is 0 Å². The summed E-state index contributed by atoms with van der Waals surface area (Å²) in [6.07, 6.45) is 0. The number of aromatic nitrogens is 1. The molecule has 0 bridgehead atoms. The van der Waals surface area contributed by atoms with Crippen molar-refractivity contribution in [3.63, 3.8) is 0 Å². The number of fused-ring (bicyclic) bond motifs is 4. The monoisotopic (exact) mass is 840 g/mol. The van der Waals surface area contributed by atoms with E-state index in [1.54, 1.807) is 0 Å². The molecule has 0 saturated heterocycles. The number of nitrogens with zero attached hydrogens (tertiary/aromatic N) is 2. The van der Waals surface area contributed by atoms with Crippen LogP contribution in [0.1, 0.15) is 0 Å². The number of hydrogen-bond acceptors (Lipinski definition) is 1. The summed E-state index contributed by atoms with van der Waals surface area (Å²) in [6, 6.07) is 96.8. The fourth-order valence-corrected chi connectivity index (χ4v) is 9.75. The molecule has 2 heteroatoms. The molecule has 1 aromatic heterocycles. The molecule has 0 fully saturated rings.